The number of carbonyl (C=O) groups excluding carboxylic acids is 3. The van der Waals surface area contributed by atoms with Gasteiger partial charge >= 0.3 is 0 Å². The molecule has 1 fully saturated rings. The molecule has 25 heavy (non-hydrogen) atoms. The SMILES string of the molecule is O=C(C(=O)N1CC(=O)N2CCc3ccccc3C2C1)c1ccccc1. The standard InChI is InChI=1S/C20H18N2O3/c23-18-13-21(20(25)19(24)15-7-2-1-3-8-15)12-17-16-9-5-4-6-14(16)10-11-22(17)18/h1-9,17H,10-13H2. The van der Waals surface area contributed by atoms with Gasteiger partial charge in [0.25, 0.3) is 5.91 Å². The molecule has 5 nitrogen and oxygen atoms in total. The van der Waals surface area contributed by atoms with Crippen LogP contribution < -0.4 is 0 Å². The molecule has 0 radical (unpaired) electrons. The maximum atomic E-state index is 12.6. The summed E-state index contributed by atoms with van der Waals surface area (Å²) >= 11 is 0. The van der Waals surface area contributed by atoms with Crippen molar-refractivity contribution in [2.45, 2.75) is 12.5 Å². The first kappa shape index (κ1) is 15.6. The summed E-state index contributed by atoms with van der Waals surface area (Å²) in [6, 6.07) is 16.3. The van der Waals surface area contributed by atoms with Gasteiger partial charge in [-0.05, 0) is 17.5 Å². The van der Waals surface area contributed by atoms with Gasteiger partial charge in [-0.1, -0.05) is 54.6 Å². The van der Waals surface area contributed by atoms with E-state index in [0.29, 0.717) is 18.7 Å². The zero-order chi connectivity index (χ0) is 17.4. The summed E-state index contributed by atoms with van der Waals surface area (Å²) in [5.41, 5.74) is 2.64. The second-order valence-electron chi connectivity index (χ2n) is 6.43. The van der Waals surface area contributed by atoms with Crippen molar-refractivity contribution in [3.05, 3.63) is 71.3 Å². The number of nitrogens with zero attached hydrogens (tertiary/aromatic N) is 2. The van der Waals surface area contributed by atoms with Crippen LogP contribution in [0.1, 0.15) is 27.5 Å². The number of carbonyl (C=O) groups is 3. The van der Waals surface area contributed by atoms with Gasteiger partial charge in [0, 0.05) is 18.7 Å². The molecule has 2 aromatic carbocycles. The highest BCUT2D eigenvalue weighted by Gasteiger charge is 2.39. The van der Waals surface area contributed by atoms with Gasteiger partial charge < -0.3 is 9.80 Å². The van der Waals surface area contributed by atoms with Gasteiger partial charge in [0.15, 0.2) is 0 Å². The Hall–Kier alpha value is -2.95. The molecule has 0 spiro atoms. The number of hydrogen-bond donors (Lipinski definition) is 0. The van der Waals surface area contributed by atoms with Crippen LogP contribution in [0.2, 0.25) is 0 Å². The van der Waals surface area contributed by atoms with Gasteiger partial charge in [0.05, 0.1) is 6.04 Å². The predicted octanol–water partition coefficient (Wildman–Crippen LogP) is 1.84. The molecule has 2 amide bonds. The summed E-state index contributed by atoms with van der Waals surface area (Å²) in [7, 11) is 0. The molecule has 2 heterocycles. The van der Waals surface area contributed by atoms with E-state index in [4.69, 9.17) is 0 Å². The molecule has 1 unspecified atom stereocenters. The average Bonchev–Trinajstić information content (AvgIpc) is 2.67. The molecule has 0 aliphatic carbocycles. The van der Waals surface area contributed by atoms with Crippen LogP contribution in [0.4, 0.5) is 0 Å². The van der Waals surface area contributed by atoms with E-state index in [0.717, 1.165) is 12.0 Å². The minimum atomic E-state index is -0.609. The minimum absolute atomic E-state index is 0.0317. The lowest BCUT2D eigenvalue weighted by molar-refractivity contribution is -0.147. The number of benzene rings is 2. The quantitative estimate of drug-likeness (QED) is 0.622. The van der Waals surface area contributed by atoms with Gasteiger partial charge in [0.1, 0.15) is 6.54 Å². The Bertz CT molecular complexity index is 847. The molecule has 0 bridgehead atoms. The van der Waals surface area contributed by atoms with Crippen molar-refractivity contribution >= 4 is 17.6 Å². The molecule has 2 aliphatic heterocycles. The van der Waals surface area contributed by atoms with E-state index in [9.17, 15) is 14.4 Å². The van der Waals surface area contributed by atoms with Crippen molar-refractivity contribution in [1.29, 1.82) is 0 Å². The Morgan fingerprint density at radius 1 is 0.960 bits per heavy atom. The lowest BCUT2D eigenvalue weighted by atomic mass is 9.90. The number of fused-ring (bicyclic) bond motifs is 3. The Kier molecular flexibility index (Phi) is 3.84. The summed E-state index contributed by atoms with van der Waals surface area (Å²) in [5.74, 6) is -1.27. The van der Waals surface area contributed by atoms with E-state index in [-0.39, 0.29) is 18.5 Å². The molecule has 1 atom stereocenters. The fraction of sp³-hybridized carbons (Fsp3) is 0.250. The molecule has 2 aromatic rings. The van der Waals surface area contributed by atoms with E-state index in [1.807, 2.05) is 23.1 Å². The maximum Gasteiger partial charge on any atom is 0.295 e. The number of piperazine rings is 1. The third kappa shape index (κ3) is 2.71. The third-order valence-electron chi connectivity index (χ3n) is 4.97. The van der Waals surface area contributed by atoms with Crippen molar-refractivity contribution in [2.75, 3.05) is 19.6 Å². The van der Waals surface area contributed by atoms with Crippen LogP contribution in [0.5, 0.6) is 0 Å². The lowest BCUT2D eigenvalue weighted by Gasteiger charge is -2.44. The summed E-state index contributed by atoms with van der Waals surface area (Å²) < 4.78 is 0. The molecule has 0 saturated carbocycles. The summed E-state index contributed by atoms with van der Waals surface area (Å²) in [5, 5.41) is 0. The second-order valence-corrected chi connectivity index (χ2v) is 6.43. The van der Waals surface area contributed by atoms with Crippen molar-refractivity contribution in [3.63, 3.8) is 0 Å². The highest BCUT2D eigenvalue weighted by Crippen LogP contribution is 2.33. The highest BCUT2D eigenvalue weighted by atomic mass is 16.2. The monoisotopic (exact) mass is 334 g/mol. The van der Waals surface area contributed by atoms with Gasteiger partial charge in [-0.25, -0.2) is 0 Å². The van der Waals surface area contributed by atoms with Crippen LogP contribution in [-0.4, -0.2) is 47.0 Å². The van der Waals surface area contributed by atoms with Crippen LogP contribution in [0.25, 0.3) is 0 Å². The Balaban J connectivity index is 1.60. The van der Waals surface area contributed by atoms with Crippen LogP contribution >= 0.6 is 0 Å². The topological polar surface area (TPSA) is 57.7 Å². The largest absolute Gasteiger partial charge is 0.332 e. The van der Waals surface area contributed by atoms with E-state index in [2.05, 4.69) is 6.07 Å². The molecule has 2 aliphatic rings. The zero-order valence-corrected chi connectivity index (χ0v) is 13.7. The van der Waals surface area contributed by atoms with Crippen LogP contribution in [-0.2, 0) is 16.0 Å². The molecule has 1 saturated heterocycles. The fourth-order valence-electron chi connectivity index (χ4n) is 3.69. The van der Waals surface area contributed by atoms with Gasteiger partial charge in [0.2, 0.25) is 11.7 Å². The normalized spacial score (nSPS) is 19.2. The predicted molar refractivity (Wildman–Crippen MR) is 92.0 cm³/mol. The van der Waals surface area contributed by atoms with Crippen LogP contribution in [0.15, 0.2) is 54.6 Å². The summed E-state index contributed by atoms with van der Waals surface area (Å²) in [6.07, 6.45) is 0.829. The zero-order valence-electron chi connectivity index (χ0n) is 13.7. The van der Waals surface area contributed by atoms with Crippen molar-refractivity contribution in [1.82, 2.24) is 9.80 Å². The minimum Gasteiger partial charge on any atom is -0.332 e. The molecule has 0 aromatic heterocycles. The van der Waals surface area contributed by atoms with Gasteiger partial charge in [-0.3, -0.25) is 14.4 Å². The van der Waals surface area contributed by atoms with Crippen molar-refractivity contribution in [2.24, 2.45) is 0 Å². The van der Waals surface area contributed by atoms with E-state index in [1.165, 1.54) is 10.5 Å². The first-order chi connectivity index (χ1) is 12.1. The van der Waals surface area contributed by atoms with Crippen LogP contribution in [0.3, 0.4) is 0 Å². The number of rotatable bonds is 2. The number of hydrogen-bond acceptors (Lipinski definition) is 3. The first-order valence-corrected chi connectivity index (χ1v) is 8.41. The van der Waals surface area contributed by atoms with Gasteiger partial charge in [-0.2, -0.15) is 0 Å². The number of amides is 2. The van der Waals surface area contributed by atoms with Crippen molar-refractivity contribution < 1.29 is 14.4 Å². The lowest BCUT2D eigenvalue weighted by Crippen LogP contribution is -2.56. The Labute approximate surface area is 145 Å². The Morgan fingerprint density at radius 2 is 1.68 bits per heavy atom. The maximum absolute atomic E-state index is 12.6. The number of ketones is 1. The molecular weight excluding hydrogens is 316 g/mol. The van der Waals surface area contributed by atoms with Crippen LogP contribution in [0, 0.1) is 0 Å². The molecule has 5 heteroatoms. The van der Waals surface area contributed by atoms with E-state index >= 15 is 0 Å². The third-order valence-corrected chi connectivity index (χ3v) is 4.97. The Morgan fingerprint density at radius 3 is 2.48 bits per heavy atom. The molecular formula is C20H18N2O3. The van der Waals surface area contributed by atoms with E-state index in [1.54, 1.807) is 30.3 Å². The second kappa shape index (κ2) is 6.16. The average molecular weight is 334 g/mol. The van der Waals surface area contributed by atoms with Crippen molar-refractivity contribution in [3.8, 4) is 0 Å². The van der Waals surface area contributed by atoms with E-state index < -0.39 is 11.7 Å². The molecule has 4 rings (SSSR count). The highest BCUT2D eigenvalue weighted by molar-refractivity contribution is 6.43. The molecule has 126 valence electrons. The number of Topliss-reactive ketones (excluding diaryl/α,β-unsaturated/α-hetero) is 1. The fourth-order valence-corrected chi connectivity index (χ4v) is 3.69. The molecule has 0 N–H and O–H groups in total. The smallest absolute Gasteiger partial charge is 0.295 e. The summed E-state index contributed by atoms with van der Waals surface area (Å²) in [4.78, 5) is 40.8. The first-order valence-electron chi connectivity index (χ1n) is 8.41. The summed E-state index contributed by atoms with van der Waals surface area (Å²) in [6.45, 7) is 0.991. The van der Waals surface area contributed by atoms with Gasteiger partial charge in [-0.15, -0.1) is 0 Å².